The van der Waals surface area contributed by atoms with E-state index in [4.69, 9.17) is 9.47 Å². The fourth-order valence-corrected chi connectivity index (χ4v) is 2.55. The van der Waals surface area contributed by atoms with Crippen LogP contribution in [0.3, 0.4) is 0 Å². The predicted octanol–water partition coefficient (Wildman–Crippen LogP) is 4.59. The van der Waals surface area contributed by atoms with Crippen molar-refractivity contribution in [3.8, 4) is 11.5 Å². The zero-order valence-electron chi connectivity index (χ0n) is 14.3. The molecule has 0 bridgehead atoms. The highest BCUT2D eigenvalue weighted by molar-refractivity contribution is 5.91. The summed E-state index contributed by atoms with van der Waals surface area (Å²) < 4.78 is 11.5. The van der Waals surface area contributed by atoms with E-state index in [1.54, 1.807) is 12.1 Å². The van der Waals surface area contributed by atoms with Crippen molar-refractivity contribution in [3.63, 3.8) is 0 Å². The van der Waals surface area contributed by atoms with Crippen molar-refractivity contribution in [3.05, 3.63) is 95.6 Å². The average Bonchev–Trinajstić information content (AvgIpc) is 2.68. The Morgan fingerprint density at radius 2 is 1.46 bits per heavy atom. The van der Waals surface area contributed by atoms with E-state index >= 15 is 0 Å². The van der Waals surface area contributed by atoms with Crippen molar-refractivity contribution in [1.82, 2.24) is 0 Å². The molecule has 0 aliphatic carbocycles. The van der Waals surface area contributed by atoms with Crippen LogP contribution in [0, 0.1) is 0 Å². The molecule has 132 valence electrons. The molecule has 0 aliphatic rings. The Bertz CT molecular complexity index is 845. The van der Waals surface area contributed by atoms with E-state index in [1.807, 2.05) is 60.7 Å². The lowest BCUT2D eigenvalue weighted by Crippen LogP contribution is -2.07. The molecule has 3 rings (SSSR count). The molecule has 3 aromatic rings. The molecule has 0 heterocycles. The Morgan fingerprint density at radius 1 is 0.808 bits per heavy atom. The smallest absolute Gasteiger partial charge is 0.339 e. The van der Waals surface area contributed by atoms with Crippen LogP contribution < -0.4 is 9.47 Å². The fourth-order valence-electron chi connectivity index (χ4n) is 2.55. The van der Waals surface area contributed by atoms with Crippen LogP contribution in [0.15, 0.2) is 78.9 Å². The summed E-state index contributed by atoms with van der Waals surface area (Å²) in [6.07, 6.45) is 0.703. The third kappa shape index (κ3) is 4.86. The molecule has 0 aliphatic heterocycles. The van der Waals surface area contributed by atoms with Crippen LogP contribution >= 0.6 is 0 Å². The minimum Gasteiger partial charge on any atom is -0.492 e. The first-order chi connectivity index (χ1) is 12.7. The van der Waals surface area contributed by atoms with E-state index in [9.17, 15) is 9.90 Å². The molecule has 0 radical (unpaired) electrons. The third-order valence-electron chi connectivity index (χ3n) is 3.92. The Morgan fingerprint density at radius 3 is 2.12 bits per heavy atom. The van der Waals surface area contributed by atoms with Gasteiger partial charge in [-0.15, -0.1) is 0 Å². The number of hydrogen-bond donors (Lipinski definition) is 1. The Labute approximate surface area is 152 Å². The molecule has 3 aromatic carbocycles. The Hall–Kier alpha value is -3.27. The Balaban J connectivity index is 1.66. The molecule has 0 unspecified atom stereocenters. The summed E-state index contributed by atoms with van der Waals surface area (Å²) in [5.41, 5.74) is 2.31. The number of ether oxygens (including phenoxy) is 2. The van der Waals surface area contributed by atoms with E-state index in [-0.39, 0.29) is 5.56 Å². The highest BCUT2D eigenvalue weighted by atomic mass is 16.5. The van der Waals surface area contributed by atoms with E-state index in [0.29, 0.717) is 31.1 Å². The summed E-state index contributed by atoms with van der Waals surface area (Å²) >= 11 is 0. The molecule has 0 saturated carbocycles. The van der Waals surface area contributed by atoms with Gasteiger partial charge in [-0.1, -0.05) is 60.7 Å². The highest BCUT2D eigenvalue weighted by Crippen LogP contribution is 2.26. The number of carbonyl (C=O) groups is 1. The summed E-state index contributed by atoms with van der Waals surface area (Å²) in [5, 5.41) is 9.36. The van der Waals surface area contributed by atoms with Crippen LogP contribution in [0.1, 0.15) is 21.5 Å². The van der Waals surface area contributed by atoms with Crippen LogP contribution in [0.5, 0.6) is 11.5 Å². The first-order valence-corrected chi connectivity index (χ1v) is 8.43. The van der Waals surface area contributed by atoms with Gasteiger partial charge in [0.05, 0.1) is 6.61 Å². The van der Waals surface area contributed by atoms with Gasteiger partial charge in [0.15, 0.2) is 0 Å². The number of rotatable bonds is 8. The standard InChI is InChI=1S/C22H20O4/c23-22(24)20-12-11-19(26-16-18-9-5-2-6-10-18)15-21(20)25-14-13-17-7-3-1-4-8-17/h1-12,15H,13-14,16H2,(H,23,24). The molecule has 0 atom stereocenters. The first-order valence-electron chi connectivity index (χ1n) is 8.43. The van der Waals surface area contributed by atoms with E-state index in [2.05, 4.69) is 0 Å². The van der Waals surface area contributed by atoms with Gasteiger partial charge in [-0.3, -0.25) is 0 Å². The van der Waals surface area contributed by atoms with Crippen molar-refractivity contribution >= 4 is 5.97 Å². The maximum atomic E-state index is 11.4. The van der Waals surface area contributed by atoms with Crippen molar-refractivity contribution in [1.29, 1.82) is 0 Å². The average molecular weight is 348 g/mol. The lowest BCUT2D eigenvalue weighted by Gasteiger charge is -2.12. The second-order valence-electron chi connectivity index (χ2n) is 5.82. The molecule has 0 amide bonds. The molecular weight excluding hydrogens is 328 g/mol. The highest BCUT2D eigenvalue weighted by Gasteiger charge is 2.13. The third-order valence-corrected chi connectivity index (χ3v) is 3.92. The van der Waals surface area contributed by atoms with Crippen LogP contribution in [0.2, 0.25) is 0 Å². The quantitative estimate of drug-likeness (QED) is 0.647. The molecule has 4 heteroatoms. The van der Waals surface area contributed by atoms with Crippen LogP contribution in [-0.2, 0) is 13.0 Å². The SMILES string of the molecule is O=C(O)c1ccc(OCc2ccccc2)cc1OCCc1ccccc1. The van der Waals surface area contributed by atoms with E-state index < -0.39 is 5.97 Å². The van der Waals surface area contributed by atoms with Gasteiger partial charge < -0.3 is 14.6 Å². The lowest BCUT2D eigenvalue weighted by atomic mass is 10.1. The predicted molar refractivity (Wildman–Crippen MR) is 99.8 cm³/mol. The molecule has 0 aromatic heterocycles. The van der Waals surface area contributed by atoms with Gasteiger partial charge in [-0.2, -0.15) is 0 Å². The minimum absolute atomic E-state index is 0.130. The van der Waals surface area contributed by atoms with Gasteiger partial charge >= 0.3 is 5.97 Å². The zero-order valence-corrected chi connectivity index (χ0v) is 14.3. The maximum absolute atomic E-state index is 11.4. The summed E-state index contributed by atoms with van der Waals surface area (Å²) in [7, 11) is 0. The van der Waals surface area contributed by atoms with Crippen molar-refractivity contribution < 1.29 is 19.4 Å². The summed E-state index contributed by atoms with van der Waals surface area (Å²) in [5.74, 6) is -0.123. The molecule has 0 saturated heterocycles. The summed E-state index contributed by atoms with van der Waals surface area (Å²) in [6, 6.07) is 24.5. The number of carboxylic acids is 1. The van der Waals surface area contributed by atoms with Crippen molar-refractivity contribution in [2.45, 2.75) is 13.0 Å². The first kappa shape index (κ1) is 17.5. The van der Waals surface area contributed by atoms with Gasteiger partial charge in [-0.25, -0.2) is 4.79 Å². The van der Waals surface area contributed by atoms with Crippen molar-refractivity contribution in [2.75, 3.05) is 6.61 Å². The number of aromatic carboxylic acids is 1. The largest absolute Gasteiger partial charge is 0.492 e. The molecule has 0 fully saturated rings. The second kappa shape index (κ2) is 8.72. The van der Waals surface area contributed by atoms with Gasteiger partial charge in [0, 0.05) is 12.5 Å². The van der Waals surface area contributed by atoms with Gasteiger partial charge in [0.25, 0.3) is 0 Å². The van der Waals surface area contributed by atoms with E-state index in [0.717, 1.165) is 11.1 Å². The number of hydrogen-bond acceptors (Lipinski definition) is 3. The molecular formula is C22H20O4. The summed E-state index contributed by atoms with van der Waals surface area (Å²) in [6.45, 7) is 0.809. The van der Waals surface area contributed by atoms with Gasteiger partial charge in [0.1, 0.15) is 23.7 Å². The molecule has 0 spiro atoms. The Kier molecular flexibility index (Phi) is 5.88. The number of benzene rings is 3. The van der Waals surface area contributed by atoms with Gasteiger partial charge in [-0.05, 0) is 23.3 Å². The molecule has 1 N–H and O–H groups in total. The normalized spacial score (nSPS) is 10.3. The zero-order chi connectivity index (χ0) is 18.2. The lowest BCUT2D eigenvalue weighted by molar-refractivity contribution is 0.0692. The topological polar surface area (TPSA) is 55.8 Å². The molecule has 26 heavy (non-hydrogen) atoms. The maximum Gasteiger partial charge on any atom is 0.339 e. The monoisotopic (exact) mass is 348 g/mol. The molecule has 4 nitrogen and oxygen atoms in total. The van der Waals surface area contributed by atoms with Gasteiger partial charge in [0.2, 0.25) is 0 Å². The van der Waals surface area contributed by atoms with Crippen LogP contribution in [-0.4, -0.2) is 17.7 Å². The summed E-state index contributed by atoms with van der Waals surface area (Å²) in [4.78, 5) is 11.4. The fraction of sp³-hybridized carbons (Fsp3) is 0.136. The van der Waals surface area contributed by atoms with Crippen LogP contribution in [0.4, 0.5) is 0 Å². The minimum atomic E-state index is -1.02. The number of carboxylic acid groups (broad SMARTS) is 1. The van der Waals surface area contributed by atoms with Crippen molar-refractivity contribution in [2.24, 2.45) is 0 Å². The van der Waals surface area contributed by atoms with E-state index in [1.165, 1.54) is 6.07 Å². The second-order valence-corrected chi connectivity index (χ2v) is 5.82. The van der Waals surface area contributed by atoms with Crippen LogP contribution in [0.25, 0.3) is 0 Å².